The number of amides is 2. The minimum atomic E-state index is -1.08. The molecule has 0 fully saturated rings. The third-order valence-electron chi connectivity index (χ3n) is 3.07. The van der Waals surface area contributed by atoms with Crippen LogP contribution in [0.15, 0.2) is 18.2 Å². The Morgan fingerprint density at radius 3 is 2.54 bits per heavy atom. The van der Waals surface area contributed by atoms with Gasteiger partial charge in [0.05, 0.1) is 10.6 Å². The predicted molar refractivity (Wildman–Crippen MR) is 95.5 cm³/mol. The van der Waals surface area contributed by atoms with Crippen molar-refractivity contribution >= 4 is 52.7 Å². The molecule has 0 aliphatic rings. The van der Waals surface area contributed by atoms with Crippen LogP contribution in [-0.2, 0) is 14.3 Å². The Morgan fingerprint density at radius 1 is 1.33 bits per heavy atom. The molecule has 132 valence electrons. The Balaban J connectivity index is 2.86. The van der Waals surface area contributed by atoms with Gasteiger partial charge in [0.1, 0.15) is 6.04 Å². The zero-order chi connectivity index (χ0) is 18.3. The Kier molecular flexibility index (Phi) is 8.38. The maximum atomic E-state index is 12.3. The number of rotatable bonds is 8. The second-order valence-electron chi connectivity index (χ2n) is 4.91. The van der Waals surface area contributed by atoms with Crippen LogP contribution >= 0.6 is 35.0 Å². The van der Waals surface area contributed by atoms with Crippen molar-refractivity contribution in [2.75, 3.05) is 12.0 Å². The highest BCUT2D eigenvalue weighted by Gasteiger charge is 2.26. The second kappa shape index (κ2) is 9.76. The van der Waals surface area contributed by atoms with Crippen molar-refractivity contribution in [3.8, 4) is 0 Å². The van der Waals surface area contributed by atoms with Crippen molar-refractivity contribution < 1.29 is 19.1 Å². The summed E-state index contributed by atoms with van der Waals surface area (Å²) in [7, 11) is 0. The summed E-state index contributed by atoms with van der Waals surface area (Å²) >= 11 is 13.3. The molecule has 0 saturated carbocycles. The van der Waals surface area contributed by atoms with Gasteiger partial charge in [0, 0.05) is 5.02 Å². The van der Waals surface area contributed by atoms with Crippen LogP contribution in [0, 0.1) is 0 Å². The molecule has 3 N–H and O–H groups in total. The number of thioether (sulfide) groups is 1. The van der Waals surface area contributed by atoms with E-state index in [9.17, 15) is 14.4 Å². The van der Waals surface area contributed by atoms with Crippen molar-refractivity contribution in [1.29, 1.82) is 0 Å². The summed E-state index contributed by atoms with van der Waals surface area (Å²) in [5.41, 5.74) is 5.26. The topological polar surface area (TPSA) is 98.5 Å². The summed E-state index contributed by atoms with van der Waals surface area (Å²) in [6, 6.07) is 3.50. The van der Waals surface area contributed by atoms with Gasteiger partial charge in [-0.15, -0.1) is 0 Å². The lowest BCUT2D eigenvalue weighted by Crippen LogP contribution is -2.44. The molecule has 0 bridgehead atoms. The lowest BCUT2D eigenvalue weighted by Gasteiger charge is -2.19. The molecule has 0 saturated heterocycles. The first-order valence-electron chi connectivity index (χ1n) is 7.01. The fourth-order valence-electron chi connectivity index (χ4n) is 1.71. The molecule has 0 spiro atoms. The Morgan fingerprint density at radius 2 is 2.00 bits per heavy atom. The average Bonchev–Trinajstić information content (AvgIpc) is 2.50. The average molecular weight is 393 g/mol. The summed E-state index contributed by atoms with van der Waals surface area (Å²) in [6.07, 6.45) is 1.12. The first-order valence-corrected chi connectivity index (χ1v) is 9.16. The molecule has 1 aromatic rings. The summed E-state index contributed by atoms with van der Waals surface area (Å²) in [5.74, 6) is -1.42. The van der Waals surface area contributed by atoms with Crippen molar-refractivity contribution in [3.63, 3.8) is 0 Å². The summed E-state index contributed by atoms with van der Waals surface area (Å²) < 4.78 is 4.97. The molecule has 0 aliphatic heterocycles. The van der Waals surface area contributed by atoms with Gasteiger partial charge in [0.15, 0.2) is 6.10 Å². The van der Waals surface area contributed by atoms with Gasteiger partial charge in [-0.3, -0.25) is 9.59 Å². The number of nitrogens with two attached hydrogens (primary N) is 1. The van der Waals surface area contributed by atoms with Gasteiger partial charge >= 0.3 is 5.97 Å². The number of nitrogens with one attached hydrogen (secondary N) is 1. The molecule has 6 nitrogen and oxygen atoms in total. The first-order chi connectivity index (χ1) is 11.3. The molecule has 9 heteroatoms. The van der Waals surface area contributed by atoms with E-state index >= 15 is 0 Å². The lowest BCUT2D eigenvalue weighted by atomic mass is 10.1. The molecule has 0 heterocycles. The number of carbonyl (C=O) groups excluding carboxylic acids is 3. The van der Waals surface area contributed by atoms with E-state index in [0.29, 0.717) is 17.2 Å². The smallest absolute Gasteiger partial charge is 0.329 e. The van der Waals surface area contributed by atoms with E-state index in [4.69, 9.17) is 33.7 Å². The standard InChI is InChI=1S/C15H18Cl2N2O4S/c1-8(13(18)20)23-15(22)12(5-6-24-2)19-14(21)10-4-3-9(16)7-11(10)17/h3-4,7-8,12H,5-6H2,1-2H3,(H2,18,20)(H,19,21)/t8-,12-/m1/s1. The van der Waals surface area contributed by atoms with Gasteiger partial charge in [0.25, 0.3) is 11.8 Å². The summed E-state index contributed by atoms with van der Waals surface area (Å²) in [6.45, 7) is 1.36. The highest BCUT2D eigenvalue weighted by Crippen LogP contribution is 2.21. The quantitative estimate of drug-likeness (QED) is 0.661. The number of primary amides is 1. The fourth-order valence-corrected chi connectivity index (χ4v) is 2.67. The van der Waals surface area contributed by atoms with E-state index in [-0.39, 0.29) is 10.6 Å². The SMILES string of the molecule is CSCC[C@@H](NC(=O)c1ccc(Cl)cc1Cl)C(=O)O[C@H](C)C(N)=O. The van der Waals surface area contributed by atoms with Crippen molar-refractivity contribution in [1.82, 2.24) is 5.32 Å². The minimum Gasteiger partial charge on any atom is -0.451 e. The molecule has 0 aromatic heterocycles. The molecule has 24 heavy (non-hydrogen) atoms. The summed E-state index contributed by atoms with van der Waals surface area (Å²) in [5, 5.41) is 3.13. The van der Waals surface area contributed by atoms with Crippen molar-refractivity contribution in [2.45, 2.75) is 25.5 Å². The van der Waals surface area contributed by atoms with Crippen LogP contribution in [-0.4, -0.2) is 41.9 Å². The molecular weight excluding hydrogens is 375 g/mol. The number of hydrogen-bond donors (Lipinski definition) is 2. The van der Waals surface area contributed by atoms with Gasteiger partial charge in [-0.05, 0) is 43.6 Å². The molecule has 2 amide bonds. The zero-order valence-electron chi connectivity index (χ0n) is 13.2. The normalized spacial score (nSPS) is 13.0. The van der Waals surface area contributed by atoms with Crippen LogP contribution in [0.3, 0.4) is 0 Å². The maximum Gasteiger partial charge on any atom is 0.329 e. The van der Waals surface area contributed by atoms with Gasteiger partial charge in [-0.2, -0.15) is 11.8 Å². The Labute approximate surface area is 154 Å². The van der Waals surface area contributed by atoms with Gasteiger partial charge in [-0.1, -0.05) is 23.2 Å². The Bertz CT molecular complexity index is 627. The maximum absolute atomic E-state index is 12.3. The van der Waals surface area contributed by atoms with Crippen LogP contribution in [0.1, 0.15) is 23.7 Å². The molecule has 2 atom stereocenters. The largest absolute Gasteiger partial charge is 0.451 e. The number of carbonyl (C=O) groups is 3. The fraction of sp³-hybridized carbons (Fsp3) is 0.400. The van der Waals surface area contributed by atoms with Gasteiger partial charge in [0.2, 0.25) is 0 Å². The third-order valence-corrected chi connectivity index (χ3v) is 4.26. The zero-order valence-corrected chi connectivity index (χ0v) is 15.5. The molecule has 1 rings (SSSR count). The number of ether oxygens (including phenoxy) is 1. The number of hydrogen-bond acceptors (Lipinski definition) is 5. The van der Waals surface area contributed by atoms with Crippen LogP contribution in [0.25, 0.3) is 0 Å². The predicted octanol–water partition coefficient (Wildman–Crippen LogP) is 2.26. The van der Waals surface area contributed by atoms with E-state index in [2.05, 4.69) is 5.32 Å². The van der Waals surface area contributed by atoms with Crippen LogP contribution in [0.5, 0.6) is 0 Å². The van der Waals surface area contributed by atoms with E-state index in [1.165, 1.54) is 36.9 Å². The Hall–Kier alpha value is -1.44. The van der Waals surface area contributed by atoms with E-state index in [1.807, 2.05) is 6.26 Å². The summed E-state index contributed by atoms with van der Waals surface area (Å²) in [4.78, 5) is 35.5. The number of benzene rings is 1. The molecule has 0 unspecified atom stereocenters. The first kappa shape index (κ1) is 20.6. The second-order valence-corrected chi connectivity index (χ2v) is 6.74. The van der Waals surface area contributed by atoms with Crippen LogP contribution in [0.2, 0.25) is 10.0 Å². The highest BCUT2D eigenvalue weighted by molar-refractivity contribution is 7.98. The minimum absolute atomic E-state index is 0.169. The third kappa shape index (κ3) is 6.22. The van der Waals surface area contributed by atoms with Gasteiger partial charge in [-0.25, -0.2) is 4.79 Å². The van der Waals surface area contributed by atoms with Crippen molar-refractivity contribution in [2.24, 2.45) is 5.73 Å². The number of halogens is 2. The molecule has 0 aliphatic carbocycles. The van der Waals surface area contributed by atoms with E-state index in [1.54, 1.807) is 0 Å². The monoisotopic (exact) mass is 392 g/mol. The number of esters is 1. The molecule has 0 radical (unpaired) electrons. The molecule has 1 aromatic carbocycles. The van der Waals surface area contributed by atoms with E-state index < -0.39 is 29.9 Å². The van der Waals surface area contributed by atoms with Gasteiger partial charge < -0.3 is 15.8 Å². The molecular formula is C15H18Cl2N2O4S. The lowest BCUT2D eigenvalue weighted by molar-refractivity contribution is -0.155. The van der Waals surface area contributed by atoms with E-state index in [0.717, 1.165) is 0 Å². The van der Waals surface area contributed by atoms with Crippen LogP contribution in [0.4, 0.5) is 0 Å². The highest BCUT2D eigenvalue weighted by atomic mass is 35.5. The van der Waals surface area contributed by atoms with Crippen LogP contribution < -0.4 is 11.1 Å². The van der Waals surface area contributed by atoms with Crippen molar-refractivity contribution in [3.05, 3.63) is 33.8 Å².